The van der Waals surface area contributed by atoms with E-state index in [-0.39, 0.29) is 11.5 Å². The second-order valence-corrected chi connectivity index (χ2v) is 5.45. The van der Waals surface area contributed by atoms with Crippen molar-refractivity contribution in [3.63, 3.8) is 0 Å². The lowest BCUT2D eigenvalue weighted by Gasteiger charge is -2.28. The van der Waals surface area contributed by atoms with E-state index in [2.05, 4.69) is 6.92 Å². The molecule has 1 aliphatic rings. The topological polar surface area (TPSA) is 23.8 Å². The molecule has 0 atom stereocenters. The average Bonchev–Trinajstić information content (AvgIpc) is 2.43. The van der Waals surface area contributed by atoms with Crippen LogP contribution in [0.3, 0.4) is 0 Å². The van der Waals surface area contributed by atoms with Crippen LogP contribution in [0.2, 0.25) is 0 Å². The van der Waals surface area contributed by atoms with Crippen molar-refractivity contribution in [1.82, 2.24) is 0 Å². The van der Waals surface area contributed by atoms with Crippen LogP contribution in [0, 0.1) is 28.9 Å². The van der Waals surface area contributed by atoms with Gasteiger partial charge >= 0.3 is 0 Å². The summed E-state index contributed by atoms with van der Waals surface area (Å²) in [5, 5.41) is 8.68. The van der Waals surface area contributed by atoms with Gasteiger partial charge in [0, 0.05) is 0 Å². The van der Waals surface area contributed by atoms with Crippen molar-refractivity contribution in [2.75, 3.05) is 0 Å². The van der Waals surface area contributed by atoms with E-state index in [0.717, 1.165) is 31.6 Å². The van der Waals surface area contributed by atoms with E-state index >= 15 is 0 Å². The summed E-state index contributed by atoms with van der Waals surface area (Å²) in [5.41, 5.74) is 0.243. The summed E-state index contributed by atoms with van der Waals surface area (Å²) in [6, 6.07) is 4.65. The van der Waals surface area contributed by atoms with E-state index in [0.29, 0.717) is 5.56 Å². The van der Waals surface area contributed by atoms with Crippen molar-refractivity contribution in [3.05, 3.63) is 34.9 Å². The molecule has 0 aliphatic heterocycles. The molecule has 1 nitrogen and oxygen atoms in total. The average molecular weight is 263 g/mol. The lowest BCUT2D eigenvalue weighted by molar-refractivity contribution is 0.303. The van der Waals surface area contributed by atoms with Crippen molar-refractivity contribution in [2.45, 2.75) is 51.4 Å². The van der Waals surface area contributed by atoms with Gasteiger partial charge in [0.15, 0.2) is 11.6 Å². The van der Waals surface area contributed by atoms with Gasteiger partial charge in [-0.2, -0.15) is 5.26 Å². The van der Waals surface area contributed by atoms with Gasteiger partial charge < -0.3 is 0 Å². The third-order valence-corrected chi connectivity index (χ3v) is 4.22. The quantitative estimate of drug-likeness (QED) is 0.760. The lowest BCUT2D eigenvalue weighted by atomic mass is 9.77. The molecule has 102 valence electrons. The fourth-order valence-electron chi connectivity index (χ4n) is 3.14. The summed E-state index contributed by atoms with van der Waals surface area (Å²) < 4.78 is 27.6. The van der Waals surface area contributed by atoms with Crippen LogP contribution >= 0.6 is 0 Å². The third kappa shape index (κ3) is 2.94. The number of nitriles is 1. The van der Waals surface area contributed by atoms with Crippen LogP contribution in [-0.2, 0) is 0 Å². The molecule has 3 heteroatoms. The van der Waals surface area contributed by atoms with Crippen molar-refractivity contribution >= 4 is 0 Å². The van der Waals surface area contributed by atoms with Crippen LogP contribution in [0.4, 0.5) is 8.78 Å². The molecule has 1 aliphatic carbocycles. The Morgan fingerprint density at radius 3 is 2.42 bits per heavy atom. The molecule has 1 aromatic carbocycles. The molecule has 0 radical (unpaired) electrons. The Balaban J connectivity index is 2.12. The SMILES string of the molecule is CCCC1CCC(c2ccc(C#N)c(F)c2F)CC1. The van der Waals surface area contributed by atoms with Gasteiger partial charge in [0.25, 0.3) is 0 Å². The highest BCUT2D eigenvalue weighted by Crippen LogP contribution is 2.38. The maximum Gasteiger partial charge on any atom is 0.176 e. The van der Waals surface area contributed by atoms with E-state index in [1.165, 1.54) is 18.9 Å². The van der Waals surface area contributed by atoms with Gasteiger partial charge in [-0.25, -0.2) is 8.78 Å². The van der Waals surface area contributed by atoms with Crippen LogP contribution < -0.4 is 0 Å². The molecule has 0 amide bonds. The molecule has 1 fully saturated rings. The molecule has 1 aromatic rings. The van der Waals surface area contributed by atoms with Gasteiger partial charge in [-0.1, -0.05) is 25.8 Å². The Bertz CT molecular complexity index is 482. The predicted molar refractivity (Wildman–Crippen MR) is 70.7 cm³/mol. The molecule has 0 unspecified atom stereocenters. The standard InChI is InChI=1S/C16H19F2N/c1-2-3-11-4-6-12(7-5-11)14-9-8-13(10-19)15(17)16(14)18/h8-9,11-12H,2-7H2,1H3. The molecule has 0 bridgehead atoms. The predicted octanol–water partition coefficient (Wildman–Crippen LogP) is 4.91. The molecule has 0 aromatic heterocycles. The highest BCUT2D eigenvalue weighted by molar-refractivity contribution is 5.36. The Hall–Kier alpha value is -1.43. The minimum absolute atomic E-state index is 0.107. The number of hydrogen-bond donors (Lipinski definition) is 0. The number of benzene rings is 1. The van der Waals surface area contributed by atoms with E-state index < -0.39 is 11.6 Å². The van der Waals surface area contributed by atoms with E-state index in [4.69, 9.17) is 5.26 Å². The molecule has 19 heavy (non-hydrogen) atoms. The normalized spacial score (nSPS) is 23.1. The van der Waals surface area contributed by atoms with Crippen molar-refractivity contribution < 1.29 is 8.78 Å². The number of hydrogen-bond acceptors (Lipinski definition) is 1. The fraction of sp³-hybridized carbons (Fsp3) is 0.562. The van der Waals surface area contributed by atoms with Crippen molar-refractivity contribution in [1.29, 1.82) is 5.26 Å². The Morgan fingerprint density at radius 2 is 1.84 bits per heavy atom. The second kappa shape index (κ2) is 6.14. The molecule has 1 saturated carbocycles. The zero-order valence-corrected chi connectivity index (χ0v) is 11.3. The smallest absolute Gasteiger partial charge is 0.176 e. The van der Waals surface area contributed by atoms with Crippen molar-refractivity contribution in [3.8, 4) is 6.07 Å². The zero-order valence-electron chi connectivity index (χ0n) is 11.3. The number of nitrogens with zero attached hydrogens (tertiary/aromatic N) is 1. The van der Waals surface area contributed by atoms with E-state index in [1.807, 2.05) is 0 Å². The maximum atomic E-state index is 14.0. The molecule has 0 saturated heterocycles. The van der Waals surface area contributed by atoms with Gasteiger partial charge in [-0.15, -0.1) is 0 Å². The first-order chi connectivity index (χ1) is 9.17. The van der Waals surface area contributed by atoms with Crippen LogP contribution in [-0.4, -0.2) is 0 Å². The van der Waals surface area contributed by atoms with Gasteiger partial charge in [0.05, 0.1) is 5.56 Å². The summed E-state index contributed by atoms with van der Waals surface area (Å²) in [6.07, 6.45) is 6.46. The molecular weight excluding hydrogens is 244 g/mol. The van der Waals surface area contributed by atoms with E-state index in [9.17, 15) is 8.78 Å². The number of rotatable bonds is 3. The van der Waals surface area contributed by atoms with Crippen LogP contribution in [0.5, 0.6) is 0 Å². The summed E-state index contributed by atoms with van der Waals surface area (Å²) in [6.45, 7) is 2.18. The van der Waals surface area contributed by atoms with Gasteiger partial charge in [-0.05, 0) is 49.1 Å². The minimum Gasteiger partial charge on any atom is -0.203 e. The molecule has 0 N–H and O–H groups in total. The summed E-state index contributed by atoms with van der Waals surface area (Å²) >= 11 is 0. The Morgan fingerprint density at radius 1 is 1.16 bits per heavy atom. The van der Waals surface area contributed by atoms with Crippen molar-refractivity contribution in [2.24, 2.45) is 5.92 Å². The second-order valence-electron chi connectivity index (χ2n) is 5.45. The molecule has 0 heterocycles. The first-order valence-corrected chi connectivity index (χ1v) is 7.05. The monoisotopic (exact) mass is 263 g/mol. The summed E-state index contributed by atoms with van der Waals surface area (Å²) in [7, 11) is 0. The zero-order chi connectivity index (χ0) is 13.8. The van der Waals surface area contributed by atoms with E-state index in [1.54, 1.807) is 12.1 Å². The lowest BCUT2D eigenvalue weighted by Crippen LogP contribution is -2.15. The Kier molecular flexibility index (Phi) is 4.52. The summed E-state index contributed by atoms with van der Waals surface area (Å²) in [4.78, 5) is 0. The fourth-order valence-corrected chi connectivity index (χ4v) is 3.14. The molecule has 0 spiro atoms. The van der Waals surface area contributed by atoms with Crippen LogP contribution in [0.1, 0.15) is 62.5 Å². The highest BCUT2D eigenvalue weighted by atomic mass is 19.2. The summed E-state index contributed by atoms with van der Waals surface area (Å²) in [5.74, 6) is -0.962. The first-order valence-electron chi connectivity index (χ1n) is 7.05. The Labute approximate surface area is 113 Å². The van der Waals surface area contributed by atoms with Gasteiger partial charge in [0.1, 0.15) is 6.07 Å². The first kappa shape index (κ1) is 14.0. The van der Waals surface area contributed by atoms with Gasteiger partial charge in [-0.3, -0.25) is 0 Å². The number of halogens is 2. The third-order valence-electron chi connectivity index (χ3n) is 4.22. The van der Waals surface area contributed by atoms with Gasteiger partial charge in [0.2, 0.25) is 0 Å². The minimum atomic E-state index is -0.990. The van der Waals surface area contributed by atoms with Crippen LogP contribution in [0.25, 0.3) is 0 Å². The largest absolute Gasteiger partial charge is 0.203 e. The van der Waals surface area contributed by atoms with Crippen LogP contribution in [0.15, 0.2) is 12.1 Å². The highest BCUT2D eigenvalue weighted by Gasteiger charge is 2.25. The molecule has 2 rings (SSSR count). The maximum absolute atomic E-state index is 14.0. The molecular formula is C16H19F2N.